The van der Waals surface area contributed by atoms with Gasteiger partial charge in [-0.25, -0.2) is 4.79 Å². The lowest BCUT2D eigenvalue weighted by Crippen LogP contribution is -2.13. The quantitative estimate of drug-likeness (QED) is 0.898. The summed E-state index contributed by atoms with van der Waals surface area (Å²) in [6.45, 7) is 0. The number of pyridine rings is 1. The first-order valence-electron chi connectivity index (χ1n) is 6.43. The third-order valence-electron chi connectivity index (χ3n) is 3.68. The van der Waals surface area contributed by atoms with Gasteiger partial charge < -0.3 is 9.84 Å². The van der Waals surface area contributed by atoms with Crippen LogP contribution < -0.4 is 4.74 Å². The Morgan fingerprint density at radius 3 is 2.84 bits per heavy atom. The number of carbonyl (C=O) groups is 1. The fourth-order valence-electron chi connectivity index (χ4n) is 2.77. The van der Waals surface area contributed by atoms with E-state index < -0.39 is 5.97 Å². The number of fused-ring (bicyclic) bond motifs is 2. The molecule has 1 N–H and O–H groups in total. The summed E-state index contributed by atoms with van der Waals surface area (Å²) >= 11 is 0. The van der Waals surface area contributed by atoms with Crippen molar-refractivity contribution < 1.29 is 14.6 Å². The molecule has 1 aromatic heterocycles. The van der Waals surface area contributed by atoms with Gasteiger partial charge in [-0.15, -0.1) is 0 Å². The second kappa shape index (κ2) is 4.53. The maximum Gasteiger partial charge on any atom is 0.336 e. The van der Waals surface area contributed by atoms with Crippen LogP contribution in [0.3, 0.4) is 0 Å². The first-order valence-corrected chi connectivity index (χ1v) is 6.43. The van der Waals surface area contributed by atoms with Crippen LogP contribution >= 0.6 is 0 Å². The summed E-state index contributed by atoms with van der Waals surface area (Å²) in [6, 6.07) is 5.41. The van der Waals surface area contributed by atoms with Gasteiger partial charge in [0, 0.05) is 11.1 Å². The van der Waals surface area contributed by atoms with Gasteiger partial charge in [-0.2, -0.15) is 0 Å². The van der Waals surface area contributed by atoms with Gasteiger partial charge in [0.2, 0.25) is 0 Å². The van der Waals surface area contributed by atoms with Gasteiger partial charge in [0.05, 0.1) is 18.2 Å². The van der Waals surface area contributed by atoms with Crippen LogP contribution in [0.15, 0.2) is 18.2 Å². The predicted molar refractivity (Wildman–Crippen MR) is 71.9 cm³/mol. The second-order valence-corrected chi connectivity index (χ2v) is 4.81. The van der Waals surface area contributed by atoms with Crippen molar-refractivity contribution in [2.24, 2.45) is 0 Å². The van der Waals surface area contributed by atoms with Crippen LogP contribution in [-0.2, 0) is 12.8 Å². The Morgan fingerprint density at radius 1 is 1.32 bits per heavy atom. The number of carboxylic acid groups (broad SMARTS) is 1. The molecule has 19 heavy (non-hydrogen) atoms. The summed E-state index contributed by atoms with van der Waals surface area (Å²) in [7, 11) is 1.58. The summed E-state index contributed by atoms with van der Waals surface area (Å²) in [4.78, 5) is 16.2. The molecule has 0 saturated heterocycles. The minimum absolute atomic E-state index is 0.401. The number of rotatable bonds is 2. The van der Waals surface area contributed by atoms with E-state index in [1.54, 1.807) is 13.2 Å². The van der Waals surface area contributed by atoms with E-state index in [-0.39, 0.29) is 0 Å². The van der Waals surface area contributed by atoms with Crippen molar-refractivity contribution >= 4 is 16.9 Å². The fraction of sp³-hybridized carbons (Fsp3) is 0.333. The number of ether oxygens (including phenoxy) is 1. The largest absolute Gasteiger partial charge is 0.497 e. The standard InChI is InChI=1S/C15H15NO3/c1-19-9-6-7-13-11(8-9)14(15(17)18)10-4-2-3-5-12(10)16-13/h6-8H,2-5H2,1H3,(H,17,18). The average molecular weight is 257 g/mol. The van der Waals surface area contributed by atoms with Gasteiger partial charge in [-0.1, -0.05) is 0 Å². The van der Waals surface area contributed by atoms with Gasteiger partial charge in [-0.3, -0.25) is 4.98 Å². The third-order valence-corrected chi connectivity index (χ3v) is 3.68. The summed E-state index contributed by atoms with van der Waals surface area (Å²) < 4.78 is 5.18. The molecule has 0 amide bonds. The second-order valence-electron chi connectivity index (χ2n) is 4.81. The molecule has 1 heterocycles. The SMILES string of the molecule is COc1ccc2nc3c(c(C(=O)O)c2c1)CCCC3. The van der Waals surface area contributed by atoms with Gasteiger partial charge in [0.1, 0.15) is 5.75 Å². The fourth-order valence-corrected chi connectivity index (χ4v) is 2.77. The number of benzene rings is 1. The van der Waals surface area contributed by atoms with E-state index in [2.05, 4.69) is 4.98 Å². The number of aryl methyl sites for hydroxylation is 1. The molecule has 0 spiro atoms. The molecule has 2 aromatic rings. The smallest absolute Gasteiger partial charge is 0.336 e. The number of carboxylic acids is 1. The summed E-state index contributed by atoms with van der Waals surface area (Å²) in [5.41, 5.74) is 2.98. The molecule has 1 aliphatic rings. The molecule has 1 aromatic carbocycles. The lowest BCUT2D eigenvalue weighted by atomic mass is 9.90. The minimum Gasteiger partial charge on any atom is -0.497 e. The summed E-state index contributed by atoms with van der Waals surface area (Å²) in [6.07, 6.45) is 3.79. The van der Waals surface area contributed by atoms with Crippen LogP contribution in [0.4, 0.5) is 0 Å². The van der Waals surface area contributed by atoms with Gasteiger partial charge in [0.15, 0.2) is 0 Å². The van der Waals surface area contributed by atoms with Crippen molar-refractivity contribution in [1.29, 1.82) is 0 Å². The number of aromatic carboxylic acids is 1. The maximum absolute atomic E-state index is 11.6. The van der Waals surface area contributed by atoms with E-state index in [0.29, 0.717) is 16.7 Å². The van der Waals surface area contributed by atoms with Crippen molar-refractivity contribution in [3.8, 4) is 5.75 Å². The molecule has 1 aliphatic carbocycles. The predicted octanol–water partition coefficient (Wildman–Crippen LogP) is 2.82. The molecule has 4 heteroatoms. The molecule has 0 atom stereocenters. The van der Waals surface area contributed by atoms with Crippen molar-refractivity contribution in [2.75, 3.05) is 7.11 Å². The molecular weight excluding hydrogens is 242 g/mol. The lowest BCUT2D eigenvalue weighted by molar-refractivity contribution is 0.0697. The van der Waals surface area contributed by atoms with E-state index in [1.807, 2.05) is 12.1 Å². The van der Waals surface area contributed by atoms with E-state index in [0.717, 1.165) is 42.5 Å². The third kappa shape index (κ3) is 1.93. The Hall–Kier alpha value is -2.10. The average Bonchev–Trinajstić information content (AvgIpc) is 2.43. The highest BCUT2D eigenvalue weighted by Gasteiger charge is 2.22. The highest BCUT2D eigenvalue weighted by atomic mass is 16.5. The first kappa shape index (κ1) is 12.0. The number of methoxy groups -OCH3 is 1. The Morgan fingerprint density at radius 2 is 2.11 bits per heavy atom. The molecule has 0 fully saturated rings. The number of nitrogens with zero attached hydrogens (tertiary/aromatic N) is 1. The normalized spacial score (nSPS) is 14.2. The van der Waals surface area contributed by atoms with Gasteiger partial charge >= 0.3 is 5.97 Å². The molecule has 0 bridgehead atoms. The topological polar surface area (TPSA) is 59.4 Å². The van der Waals surface area contributed by atoms with Crippen LogP contribution in [0.25, 0.3) is 10.9 Å². The van der Waals surface area contributed by atoms with E-state index in [1.165, 1.54) is 0 Å². The Balaban J connectivity index is 2.36. The van der Waals surface area contributed by atoms with Crippen molar-refractivity contribution in [3.05, 3.63) is 35.0 Å². The minimum atomic E-state index is -0.876. The van der Waals surface area contributed by atoms with Crippen molar-refractivity contribution in [1.82, 2.24) is 4.98 Å². The van der Waals surface area contributed by atoms with E-state index >= 15 is 0 Å². The molecule has 98 valence electrons. The van der Waals surface area contributed by atoms with Crippen LogP contribution in [0, 0.1) is 0 Å². The monoisotopic (exact) mass is 257 g/mol. The molecule has 0 unspecified atom stereocenters. The van der Waals surface area contributed by atoms with E-state index in [4.69, 9.17) is 4.74 Å². The van der Waals surface area contributed by atoms with Crippen LogP contribution in [0.5, 0.6) is 5.75 Å². The molecule has 0 saturated carbocycles. The maximum atomic E-state index is 11.6. The zero-order valence-corrected chi connectivity index (χ0v) is 10.8. The molecule has 0 aliphatic heterocycles. The Bertz CT molecular complexity index is 664. The van der Waals surface area contributed by atoms with Gasteiger partial charge in [-0.05, 0) is 49.4 Å². The summed E-state index contributed by atoms with van der Waals surface area (Å²) in [5.74, 6) is -0.216. The van der Waals surface area contributed by atoms with Crippen LogP contribution in [0.1, 0.15) is 34.5 Å². The molecular formula is C15H15NO3. The number of hydrogen-bond acceptors (Lipinski definition) is 3. The number of aromatic nitrogens is 1. The first-order chi connectivity index (χ1) is 9.20. The molecule has 0 radical (unpaired) electrons. The van der Waals surface area contributed by atoms with E-state index in [9.17, 15) is 9.90 Å². The van der Waals surface area contributed by atoms with Crippen molar-refractivity contribution in [2.45, 2.75) is 25.7 Å². The number of hydrogen-bond donors (Lipinski definition) is 1. The molecule has 4 nitrogen and oxygen atoms in total. The van der Waals surface area contributed by atoms with Gasteiger partial charge in [0.25, 0.3) is 0 Å². The van der Waals surface area contributed by atoms with Crippen LogP contribution in [-0.4, -0.2) is 23.2 Å². The van der Waals surface area contributed by atoms with Crippen LogP contribution in [0.2, 0.25) is 0 Å². The Kier molecular flexibility index (Phi) is 2.85. The summed E-state index contributed by atoms with van der Waals surface area (Å²) in [5, 5.41) is 10.2. The lowest BCUT2D eigenvalue weighted by Gasteiger charge is -2.19. The zero-order valence-electron chi connectivity index (χ0n) is 10.8. The highest BCUT2D eigenvalue weighted by molar-refractivity contribution is 6.04. The zero-order chi connectivity index (χ0) is 13.4. The van der Waals surface area contributed by atoms with Crippen molar-refractivity contribution in [3.63, 3.8) is 0 Å². The highest BCUT2D eigenvalue weighted by Crippen LogP contribution is 2.31. The Labute approximate surface area is 111 Å². The molecule has 3 rings (SSSR count).